The molecule has 1 aromatic rings. The van der Waals surface area contributed by atoms with E-state index in [2.05, 4.69) is 10.2 Å². The van der Waals surface area contributed by atoms with Gasteiger partial charge in [0.1, 0.15) is 6.04 Å². The number of aryl methyl sites for hydroxylation is 1. The molecule has 0 aliphatic carbocycles. The lowest BCUT2D eigenvalue weighted by atomic mass is 10.3. The first-order chi connectivity index (χ1) is 4.86. The fourth-order valence-corrected chi connectivity index (χ4v) is 0.888. The molecule has 10 heavy (non-hydrogen) atoms. The van der Waals surface area contributed by atoms with Crippen LogP contribution in [0.15, 0.2) is 6.20 Å². The molecule has 54 valence electrons. The van der Waals surface area contributed by atoms with Crippen LogP contribution in [0.2, 0.25) is 0 Å². The smallest absolute Gasteiger partial charge is 0.118 e. The summed E-state index contributed by atoms with van der Waals surface area (Å²) in [5.41, 5.74) is 0.965. The minimum Gasteiger partial charge on any atom is -0.377 e. The maximum Gasteiger partial charge on any atom is 0.118 e. The van der Waals surface area contributed by atoms with Crippen LogP contribution in [0.3, 0.4) is 0 Å². The first kappa shape index (κ1) is 5.85. The van der Waals surface area contributed by atoms with Crippen LogP contribution < -0.4 is 0 Å². The van der Waals surface area contributed by atoms with Crippen LogP contribution in [0.25, 0.3) is 0 Å². The molecule has 1 aliphatic rings. The third-order valence-corrected chi connectivity index (χ3v) is 1.57. The van der Waals surface area contributed by atoms with Gasteiger partial charge in [-0.15, -0.1) is 0 Å². The van der Waals surface area contributed by atoms with E-state index in [1.165, 1.54) is 0 Å². The van der Waals surface area contributed by atoms with Gasteiger partial charge in [-0.05, 0) is 6.92 Å². The monoisotopic (exact) mass is 139 g/mol. The average molecular weight is 139 g/mol. The maximum atomic E-state index is 5.00. The van der Waals surface area contributed by atoms with Gasteiger partial charge in [0, 0.05) is 0 Å². The summed E-state index contributed by atoms with van der Waals surface area (Å²) in [5.74, 6) is 0. The Hall–Kier alpha value is -0.900. The zero-order valence-corrected chi connectivity index (χ0v) is 5.82. The number of ether oxygens (including phenoxy) is 1. The molecule has 0 saturated carbocycles. The topological polar surface area (TPSA) is 39.9 Å². The molecule has 0 spiro atoms. The van der Waals surface area contributed by atoms with Gasteiger partial charge in [-0.2, -0.15) is 15.0 Å². The molecule has 1 aliphatic heterocycles. The Morgan fingerprint density at radius 3 is 2.90 bits per heavy atom. The summed E-state index contributed by atoms with van der Waals surface area (Å²) in [5, 5.41) is 8.22. The summed E-state index contributed by atoms with van der Waals surface area (Å²) in [4.78, 5) is 1.72. The Morgan fingerprint density at radius 2 is 2.50 bits per heavy atom. The molecule has 1 aromatic heterocycles. The second-order valence-electron chi connectivity index (χ2n) is 2.50. The second-order valence-corrected chi connectivity index (χ2v) is 2.50. The molecule has 1 saturated heterocycles. The molecule has 0 aromatic carbocycles. The minimum absolute atomic E-state index is 0.383. The van der Waals surface area contributed by atoms with Crippen molar-refractivity contribution in [3.63, 3.8) is 0 Å². The van der Waals surface area contributed by atoms with Crippen molar-refractivity contribution in [2.45, 2.75) is 13.0 Å². The SMILES string of the molecule is Cc1cnn(C2COC2)n1. The highest BCUT2D eigenvalue weighted by atomic mass is 16.5. The molecule has 0 amide bonds. The highest BCUT2D eigenvalue weighted by Gasteiger charge is 2.21. The van der Waals surface area contributed by atoms with E-state index in [0.717, 1.165) is 18.9 Å². The lowest BCUT2D eigenvalue weighted by Gasteiger charge is -2.24. The lowest BCUT2D eigenvalue weighted by Crippen LogP contribution is -2.32. The summed E-state index contributed by atoms with van der Waals surface area (Å²) in [6, 6.07) is 0.383. The van der Waals surface area contributed by atoms with Crippen molar-refractivity contribution in [2.24, 2.45) is 0 Å². The molecule has 2 heterocycles. The third-order valence-electron chi connectivity index (χ3n) is 1.57. The maximum absolute atomic E-state index is 5.00. The average Bonchev–Trinajstić information content (AvgIpc) is 2.10. The van der Waals surface area contributed by atoms with Gasteiger partial charge in [0.2, 0.25) is 0 Å². The van der Waals surface area contributed by atoms with Crippen molar-refractivity contribution in [2.75, 3.05) is 13.2 Å². The lowest BCUT2D eigenvalue weighted by molar-refractivity contribution is -0.0349. The predicted octanol–water partition coefficient (Wildman–Crippen LogP) is 0.158. The van der Waals surface area contributed by atoms with Gasteiger partial charge in [-0.1, -0.05) is 0 Å². The van der Waals surface area contributed by atoms with E-state index >= 15 is 0 Å². The van der Waals surface area contributed by atoms with Crippen LogP contribution in [0, 0.1) is 6.92 Å². The Labute approximate surface area is 58.8 Å². The molecule has 0 bridgehead atoms. The fourth-order valence-electron chi connectivity index (χ4n) is 0.888. The van der Waals surface area contributed by atoms with Crippen LogP contribution in [0.1, 0.15) is 11.7 Å². The molecule has 0 atom stereocenters. The number of rotatable bonds is 1. The molecule has 0 N–H and O–H groups in total. The van der Waals surface area contributed by atoms with E-state index in [0.29, 0.717) is 6.04 Å². The molecular weight excluding hydrogens is 130 g/mol. The molecular formula is C6H9N3O. The molecule has 0 radical (unpaired) electrons. The van der Waals surface area contributed by atoms with Crippen LogP contribution in [0.4, 0.5) is 0 Å². The van der Waals surface area contributed by atoms with Crippen molar-refractivity contribution in [3.8, 4) is 0 Å². The van der Waals surface area contributed by atoms with Gasteiger partial charge in [0.25, 0.3) is 0 Å². The van der Waals surface area contributed by atoms with Crippen LogP contribution in [-0.4, -0.2) is 28.2 Å². The quantitative estimate of drug-likeness (QED) is 0.556. The Morgan fingerprint density at radius 1 is 1.70 bits per heavy atom. The Balaban J connectivity index is 2.17. The number of nitrogens with zero attached hydrogens (tertiary/aromatic N) is 3. The van der Waals surface area contributed by atoms with Gasteiger partial charge in [0.15, 0.2) is 0 Å². The molecule has 4 nitrogen and oxygen atoms in total. The van der Waals surface area contributed by atoms with Crippen molar-refractivity contribution in [1.82, 2.24) is 15.0 Å². The number of hydrogen-bond donors (Lipinski definition) is 0. The first-order valence-electron chi connectivity index (χ1n) is 3.32. The standard InChI is InChI=1S/C6H9N3O/c1-5-2-7-9(8-5)6-3-10-4-6/h2,6H,3-4H2,1H3. The highest BCUT2D eigenvalue weighted by Crippen LogP contribution is 2.13. The van der Waals surface area contributed by atoms with Gasteiger partial charge in [-0.3, -0.25) is 0 Å². The number of hydrogen-bond acceptors (Lipinski definition) is 3. The summed E-state index contributed by atoms with van der Waals surface area (Å²) in [7, 11) is 0. The third kappa shape index (κ3) is 0.806. The Kier molecular flexibility index (Phi) is 1.20. The van der Waals surface area contributed by atoms with Crippen LogP contribution >= 0.6 is 0 Å². The van der Waals surface area contributed by atoms with E-state index in [1.807, 2.05) is 6.92 Å². The van der Waals surface area contributed by atoms with Crippen LogP contribution in [-0.2, 0) is 4.74 Å². The minimum atomic E-state index is 0.383. The van der Waals surface area contributed by atoms with E-state index < -0.39 is 0 Å². The van der Waals surface area contributed by atoms with Gasteiger partial charge in [-0.25, -0.2) is 0 Å². The zero-order chi connectivity index (χ0) is 6.97. The fraction of sp³-hybridized carbons (Fsp3) is 0.667. The van der Waals surface area contributed by atoms with Crippen molar-refractivity contribution in [3.05, 3.63) is 11.9 Å². The van der Waals surface area contributed by atoms with E-state index in [4.69, 9.17) is 4.74 Å². The van der Waals surface area contributed by atoms with Crippen molar-refractivity contribution >= 4 is 0 Å². The van der Waals surface area contributed by atoms with Crippen LogP contribution in [0.5, 0.6) is 0 Å². The van der Waals surface area contributed by atoms with Crippen molar-refractivity contribution < 1.29 is 4.74 Å². The van der Waals surface area contributed by atoms with Gasteiger partial charge in [0.05, 0.1) is 25.1 Å². The normalized spacial score (nSPS) is 18.9. The van der Waals surface area contributed by atoms with E-state index in [-0.39, 0.29) is 0 Å². The largest absolute Gasteiger partial charge is 0.377 e. The molecule has 4 heteroatoms. The second kappa shape index (κ2) is 2.05. The predicted molar refractivity (Wildman–Crippen MR) is 34.6 cm³/mol. The summed E-state index contributed by atoms with van der Waals surface area (Å²) in [6.07, 6.45) is 1.76. The summed E-state index contributed by atoms with van der Waals surface area (Å²) >= 11 is 0. The zero-order valence-electron chi connectivity index (χ0n) is 5.82. The highest BCUT2D eigenvalue weighted by molar-refractivity contribution is 4.86. The molecule has 0 unspecified atom stereocenters. The molecule has 1 fully saturated rings. The van der Waals surface area contributed by atoms with Gasteiger partial charge >= 0.3 is 0 Å². The Bertz CT molecular complexity index is 229. The first-order valence-corrected chi connectivity index (χ1v) is 3.32. The summed E-state index contributed by atoms with van der Waals surface area (Å²) in [6.45, 7) is 3.45. The van der Waals surface area contributed by atoms with Crippen molar-refractivity contribution in [1.29, 1.82) is 0 Å². The van der Waals surface area contributed by atoms with Gasteiger partial charge < -0.3 is 4.74 Å². The van der Waals surface area contributed by atoms with E-state index in [1.54, 1.807) is 11.0 Å². The summed E-state index contributed by atoms with van der Waals surface area (Å²) < 4.78 is 5.00. The van der Waals surface area contributed by atoms with E-state index in [9.17, 15) is 0 Å². The molecule has 2 rings (SSSR count). The number of aromatic nitrogens is 3.